The highest BCUT2D eigenvalue weighted by atomic mass is 35.5. The zero-order valence-corrected chi connectivity index (χ0v) is 11.8. The van der Waals surface area contributed by atoms with E-state index >= 15 is 0 Å². The van der Waals surface area contributed by atoms with Gasteiger partial charge in [0, 0.05) is 18.3 Å². The Kier molecular flexibility index (Phi) is 4.82. The summed E-state index contributed by atoms with van der Waals surface area (Å²) in [7, 11) is 1.55. The standard InChI is InChI=1S/C13H12Cl2N2O2/c1-18-11-6-9(7-14)5-10(15)13(11)19-8-12-16-3-2-4-17-12/h2-6H,7-8H2,1H3. The van der Waals surface area contributed by atoms with Crippen LogP contribution in [-0.4, -0.2) is 17.1 Å². The van der Waals surface area contributed by atoms with E-state index in [4.69, 9.17) is 32.7 Å². The first-order chi connectivity index (χ1) is 9.24. The number of alkyl halides is 1. The first kappa shape index (κ1) is 13.9. The molecule has 0 N–H and O–H groups in total. The quantitative estimate of drug-likeness (QED) is 0.793. The van der Waals surface area contributed by atoms with Crippen LogP contribution >= 0.6 is 23.2 Å². The lowest BCUT2D eigenvalue weighted by Crippen LogP contribution is -2.02. The molecule has 0 spiro atoms. The first-order valence-electron chi connectivity index (χ1n) is 5.55. The summed E-state index contributed by atoms with van der Waals surface area (Å²) in [6.07, 6.45) is 3.31. The molecule has 4 nitrogen and oxygen atoms in total. The summed E-state index contributed by atoms with van der Waals surface area (Å²) in [5, 5.41) is 0.450. The van der Waals surface area contributed by atoms with E-state index in [2.05, 4.69) is 9.97 Å². The normalized spacial score (nSPS) is 10.3. The summed E-state index contributed by atoms with van der Waals surface area (Å²) in [4.78, 5) is 8.14. The Balaban J connectivity index is 2.20. The second-order valence-corrected chi connectivity index (χ2v) is 4.37. The van der Waals surface area contributed by atoms with Gasteiger partial charge in [0.25, 0.3) is 0 Å². The minimum absolute atomic E-state index is 0.219. The topological polar surface area (TPSA) is 44.2 Å². The molecule has 0 aliphatic rings. The third-order valence-corrected chi connectivity index (χ3v) is 3.00. The van der Waals surface area contributed by atoms with E-state index in [0.717, 1.165) is 5.56 Å². The number of benzene rings is 1. The van der Waals surface area contributed by atoms with Gasteiger partial charge in [-0.2, -0.15) is 0 Å². The monoisotopic (exact) mass is 298 g/mol. The Morgan fingerprint density at radius 3 is 2.58 bits per heavy atom. The Labute approximate surface area is 121 Å². The van der Waals surface area contributed by atoms with Crippen LogP contribution < -0.4 is 9.47 Å². The van der Waals surface area contributed by atoms with E-state index in [1.807, 2.05) is 0 Å². The summed E-state index contributed by atoms with van der Waals surface area (Å²) in [5.74, 6) is 1.93. The van der Waals surface area contributed by atoms with Gasteiger partial charge in [-0.1, -0.05) is 11.6 Å². The number of aromatic nitrogens is 2. The maximum Gasteiger partial charge on any atom is 0.180 e. The molecule has 6 heteroatoms. The fourth-order valence-corrected chi connectivity index (χ4v) is 1.97. The molecule has 0 amide bonds. The van der Waals surface area contributed by atoms with E-state index in [-0.39, 0.29) is 6.61 Å². The van der Waals surface area contributed by atoms with Crippen molar-refractivity contribution in [3.05, 3.63) is 47.0 Å². The minimum Gasteiger partial charge on any atom is -0.493 e. The number of ether oxygens (including phenoxy) is 2. The maximum atomic E-state index is 6.15. The van der Waals surface area contributed by atoms with Crippen molar-refractivity contribution in [2.75, 3.05) is 7.11 Å². The van der Waals surface area contributed by atoms with Gasteiger partial charge in [0.15, 0.2) is 17.3 Å². The van der Waals surface area contributed by atoms with Gasteiger partial charge in [0.1, 0.15) is 6.61 Å². The van der Waals surface area contributed by atoms with Gasteiger partial charge in [-0.15, -0.1) is 11.6 Å². The van der Waals surface area contributed by atoms with Crippen molar-refractivity contribution in [3.8, 4) is 11.5 Å². The van der Waals surface area contributed by atoms with Crippen molar-refractivity contribution in [2.24, 2.45) is 0 Å². The fourth-order valence-electron chi connectivity index (χ4n) is 1.53. The van der Waals surface area contributed by atoms with Crippen LogP contribution in [-0.2, 0) is 12.5 Å². The van der Waals surface area contributed by atoms with Crippen LogP contribution in [0.3, 0.4) is 0 Å². The Morgan fingerprint density at radius 1 is 1.21 bits per heavy atom. The molecule has 2 aromatic rings. The summed E-state index contributed by atoms with van der Waals surface area (Å²) in [6, 6.07) is 5.28. The average Bonchev–Trinajstić information content (AvgIpc) is 2.46. The predicted molar refractivity (Wildman–Crippen MR) is 73.9 cm³/mol. The molecule has 1 heterocycles. The zero-order valence-electron chi connectivity index (χ0n) is 10.3. The highest BCUT2D eigenvalue weighted by Crippen LogP contribution is 2.37. The molecule has 2 rings (SSSR count). The smallest absolute Gasteiger partial charge is 0.180 e. The van der Waals surface area contributed by atoms with Crippen molar-refractivity contribution in [2.45, 2.75) is 12.5 Å². The highest BCUT2D eigenvalue weighted by Gasteiger charge is 2.12. The molecule has 19 heavy (non-hydrogen) atoms. The van der Waals surface area contributed by atoms with Crippen LogP contribution in [0.4, 0.5) is 0 Å². The molecule has 1 aromatic carbocycles. The Hall–Kier alpha value is -1.52. The number of rotatable bonds is 5. The Morgan fingerprint density at radius 2 is 1.95 bits per heavy atom. The molecule has 0 saturated heterocycles. The van der Waals surface area contributed by atoms with E-state index < -0.39 is 0 Å². The molecule has 0 radical (unpaired) electrons. The summed E-state index contributed by atoms with van der Waals surface area (Å²) in [5.41, 5.74) is 0.867. The molecule has 0 unspecified atom stereocenters. The van der Waals surface area contributed by atoms with Gasteiger partial charge in [-0.3, -0.25) is 0 Å². The number of methoxy groups -OCH3 is 1. The SMILES string of the molecule is COc1cc(CCl)cc(Cl)c1OCc1ncccn1. The largest absolute Gasteiger partial charge is 0.493 e. The molecule has 1 aromatic heterocycles. The number of halogens is 2. The average molecular weight is 299 g/mol. The van der Waals surface area contributed by atoms with Gasteiger partial charge in [-0.25, -0.2) is 9.97 Å². The van der Waals surface area contributed by atoms with Gasteiger partial charge >= 0.3 is 0 Å². The molecule has 0 aliphatic heterocycles. The second-order valence-electron chi connectivity index (χ2n) is 3.70. The maximum absolute atomic E-state index is 6.15. The molecular formula is C13H12Cl2N2O2. The second kappa shape index (κ2) is 6.59. The van der Waals surface area contributed by atoms with E-state index in [1.165, 1.54) is 0 Å². The lowest BCUT2D eigenvalue weighted by Gasteiger charge is -2.13. The molecule has 100 valence electrons. The Bertz CT molecular complexity index is 550. The van der Waals surface area contributed by atoms with Gasteiger partial charge in [0.2, 0.25) is 0 Å². The minimum atomic E-state index is 0.219. The van der Waals surface area contributed by atoms with E-state index in [0.29, 0.717) is 28.2 Å². The van der Waals surface area contributed by atoms with E-state index in [1.54, 1.807) is 37.7 Å². The van der Waals surface area contributed by atoms with E-state index in [9.17, 15) is 0 Å². The lowest BCUT2D eigenvalue weighted by atomic mass is 10.2. The van der Waals surface area contributed by atoms with Gasteiger partial charge < -0.3 is 9.47 Å². The van der Waals surface area contributed by atoms with Crippen molar-refractivity contribution < 1.29 is 9.47 Å². The fraction of sp³-hybridized carbons (Fsp3) is 0.231. The number of hydrogen-bond donors (Lipinski definition) is 0. The molecule has 0 bridgehead atoms. The van der Waals surface area contributed by atoms with Crippen LogP contribution in [0.15, 0.2) is 30.6 Å². The zero-order chi connectivity index (χ0) is 13.7. The van der Waals surface area contributed by atoms with Crippen LogP contribution in [0.25, 0.3) is 0 Å². The predicted octanol–water partition coefficient (Wildman–Crippen LogP) is 3.46. The molecule has 0 saturated carbocycles. The third kappa shape index (κ3) is 3.49. The van der Waals surface area contributed by atoms with Crippen LogP contribution in [0, 0.1) is 0 Å². The van der Waals surface area contributed by atoms with Crippen molar-refractivity contribution >= 4 is 23.2 Å². The molecule has 0 atom stereocenters. The number of hydrogen-bond acceptors (Lipinski definition) is 4. The highest BCUT2D eigenvalue weighted by molar-refractivity contribution is 6.32. The molecular weight excluding hydrogens is 287 g/mol. The van der Waals surface area contributed by atoms with Crippen LogP contribution in [0.5, 0.6) is 11.5 Å². The summed E-state index contributed by atoms with van der Waals surface area (Å²) >= 11 is 11.9. The third-order valence-electron chi connectivity index (χ3n) is 2.41. The molecule has 0 fully saturated rings. The molecule has 0 aliphatic carbocycles. The van der Waals surface area contributed by atoms with Gasteiger partial charge in [0.05, 0.1) is 12.1 Å². The summed E-state index contributed by atoms with van der Waals surface area (Å²) < 4.78 is 10.9. The van der Waals surface area contributed by atoms with Crippen molar-refractivity contribution in [3.63, 3.8) is 0 Å². The van der Waals surface area contributed by atoms with Gasteiger partial charge in [-0.05, 0) is 23.8 Å². The van der Waals surface area contributed by atoms with Crippen LogP contribution in [0.2, 0.25) is 5.02 Å². The summed E-state index contributed by atoms with van der Waals surface area (Å²) in [6.45, 7) is 0.219. The van der Waals surface area contributed by atoms with Crippen molar-refractivity contribution in [1.29, 1.82) is 0 Å². The van der Waals surface area contributed by atoms with Crippen molar-refractivity contribution in [1.82, 2.24) is 9.97 Å². The first-order valence-corrected chi connectivity index (χ1v) is 6.47. The van der Waals surface area contributed by atoms with Crippen LogP contribution in [0.1, 0.15) is 11.4 Å². The lowest BCUT2D eigenvalue weighted by molar-refractivity contribution is 0.276. The number of nitrogens with zero attached hydrogens (tertiary/aromatic N) is 2.